The number of benzene rings is 1. The molecule has 8 nitrogen and oxygen atoms in total. The van der Waals surface area contributed by atoms with E-state index < -0.39 is 0 Å². The molecule has 5 rings (SSSR count). The number of halogens is 1. The van der Waals surface area contributed by atoms with Gasteiger partial charge in [-0.05, 0) is 82.5 Å². The Morgan fingerprint density at radius 1 is 1.14 bits per heavy atom. The summed E-state index contributed by atoms with van der Waals surface area (Å²) in [7, 11) is 1.97. The second-order valence-corrected chi connectivity index (χ2v) is 12.8. The van der Waals surface area contributed by atoms with Crippen molar-refractivity contribution in [3.8, 4) is 17.3 Å². The lowest BCUT2D eigenvalue weighted by Gasteiger charge is -2.39. The first-order valence-electron chi connectivity index (χ1n) is 14.8. The molecule has 0 spiro atoms. The van der Waals surface area contributed by atoms with Crippen LogP contribution >= 0.6 is 11.3 Å². The Balaban J connectivity index is 1.46. The molecule has 10 heteroatoms. The molecule has 1 aliphatic heterocycles. The number of thiazole rings is 1. The number of aryl methyl sites for hydroxylation is 2. The number of anilines is 3. The third-order valence-corrected chi connectivity index (χ3v) is 8.49. The van der Waals surface area contributed by atoms with E-state index in [0.29, 0.717) is 21.3 Å². The number of ether oxygens (including phenoxy) is 1. The monoisotopic (exact) mass is 601 g/mol. The van der Waals surface area contributed by atoms with Gasteiger partial charge in [-0.1, -0.05) is 25.2 Å². The highest BCUT2D eigenvalue weighted by atomic mass is 32.1. The van der Waals surface area contributed by atoms with E-state index in [1.807, 2.05) is 11.9 Å². The van der Waals surface area contributed by atoms with Gasteiger partial charge in [-0.2, -0.15) is 5.26 Å². The minimum Gasteiger partial charge on any atom is -0.474 e. The van der Waals surface area contributed by atoms with Crippen molar-refractivity contribution in [1.29, 1.82) is 5.26 Å². The van der Waals surface area contributed by atoms with Crippen LogP contribution in [0.1, 0.15) is 57.2 Å². The van der Waals surface area contributed by atoms with Gasteiger partial charge >= 0.3 is 0 Å². The SMILES string of the molecule is CC/C=C(\OC(C)(C)C)N1CCN(c2cc(C)c3nc(CC)c(N(C)c4nc(-c5ccc(F)cc5)c(C#N)s4)n3c2)CC1. The molecule has 1 saturated heterocycles. The zero-order chi connectivity index (χ0) is 30.9. The molecule has 4 heterocycles. The maximum absolute atomic E-state index is 13.6. The van der Waals surface area contributed by atoms with E-state index in [9.17, 15) is 9.65 Å². The summed E-state index contributed by atoms with van der Waals surface area (Å²) in [5.74, 6) is 1.57. The van der Waals surface area contributed by atoms with Crippen molar-refractivity contribution in [1.82, 2.24) is 19.3 Å². The Morgan fingerprint density at radius 2 is 1.84 bits per heavy atom. The summed E-state index contributed by atoms with van der Waals surface area (Å²) < 4.78 is 22.0. The van der Waals surface area contributed by atoms with Gasteiger partial charge in [-0.15, -0.1) is 0 Å². The first-order chi connectivity index (χ1) is 20.5. The van der Waals surface area contributed by atoms with Crippen LogP contribution in [0.15, 0.2) is 48.5 Å². The summed E-state index contributed by atoms with van der Waals surface area (Å²) in [4.78, 5) is 17.1. The van der Waals surface area contributed by atoms with Gasteiger partial charge in [-0.25, -0.2) is 14.4 Å². The highest BCUT2D eigenvalue weighted by molar-refractivity contribution is 7.16. The average Bonchev–Trinajstić information content (AvgIpc) is 3.59. The zero-order valence-electron chi connectivity index (χ0n) is 26.1. The Hall–Kier alpha value is -4.10. The number of nitriles is 1. The number of nitrogens with zero attached hydrogens (tertiary/aromatic N) is 7. The second kappa shape index (κ2) is 12.3. The Labute approximate surface area is 257 Å². The van der Waals surface area contributed by atoms with E-state index in [2.05, 4.69) is 80.2 Å². The third-order valence-electron chi connectivity index (χ3n) is 7.45. The van der Waals surface area contributed by atoms with E-state index in [1.54, 1.807) is 12.1 Å². The summed E-state index contributed by atoms with van der Waals surface area (Å²) in [5, 5.41) is 10.6. The molecule has 1 fully saturated rings. The summed E-state index contributed by atoms with van der Waals surface area (Å²) in [6.07, 6.45) is 6.02. The molecular formula is C33H40FN7OS. The molecule has 0 saturated carbocycles. The van der Waals surface area contributed by atoms with Crippen molar-refractivity contribution in [2.45, 2.75) is 60.0 Å². The lowest BCUT2D eigenvalue weighted by molar-refractivity contribution is -0.000294. The van der Waals surface area contributed by atoms with Crippen LogP contribution in [-0.2, 0) is 11.2 Å². The van der Waals surface area contributed by atoms with Gasteiger partial charge in [0.05, 0.1) is 11.4 Å². The predicted octanol–water partition coefficient (Wildman–Crippen LogP) is 7.30. The molecule has 0 bridgehead atoms. The number of aromatic nitrogens is 3. The topological polar surface area (TPSA) is 72.9 Å². The largest absolute Gasteiger partial charge is 0.474 e. The fourth-order valence-corrected chi connectivity index (χ4v) is 6.27. The van der Waals surface area contributed by atoms with Crippen LogP contribution in [0.4, 0.5) is 21.0 Å². The van der Waals surface area contributed by atoms with Crippen LogP contribution in [0, 0.1) is 24.1 Å². The molecule has 0 atom stereocenters. The first kappa shape index (κ1) is 30.4. The van der Waals surface area contributed by atoms with Crippen molar-refractivity contribution in [2.75, 3.05) is 43.0 Å². The quantitative estimate of drug-likeness (QED) is 0.196. The molecule has 0 N–H and O–H groups in total. The van der Waals surface area contributed by atoms with E-state index in [-0.39, 0.29) is 11.4 Å². The number of fused-ring (bicyclic) bond motifs is 1. The van der Waals surface area contributed by atoms with Crippen LogP contribution in [0.5, 0.6) is 0 Å². The molecule has 1 aliphatic rings. The number of imidazole rings is 1. The normalized spacial score (nSPS) is 14.3. The van der Waals surface area contributed by atoms with Gasteiger partial charge in [0.1, 0.15) is 39.5 Å². The Morgan fingerprint density at radius 3 is 2.44 bits per heavy atom. The van der Waals surface area contributed by atoms with Crippen LogP contribution in [0.3, 0.4) is 0 Å². The number of pyridine rings is 1. The van der Waals surface area contributed by atoms with Gasteiger partial charge in [0.15, 0.2) is 11.0 Å². The first-order valence-corrected chi connectivity index (χ1v) is 15.7. The molecule has 0 radical (unpaired) electrons. The fraction of sp³-hybridized carbons (Fsp3) is 0.424. The average molecular weight is 602 g/mol. The minimum absolute atomic E-state index is 0.244. The van der Waals surface area contributed by atoms with E-state index >= 15 is 0 Å². The number of piperazine rings is 1. The number of hydrogen-bond acceptors (Lipinski definition) is 8. The summed E-state index contributed by atoms with van der Waals surface area (Å²) >= 11 is 1.33. The number of hydrogen-bond donors (Lipinski definition) is 0. The summed E-state index contributed by atoms with van der Waals surface area (Å²) in [6, 6.07) is 10.6. The van der Waals surface area contributed by atoms with Gasteiger partial charge < -0.3 is 19.4 Å². The predicted molar refractivity (Wildman–Crippen MR) is 173 cm³/mol. The summed E-state index contributed by atoms with van der Waals surface area (Å²) in [6.45, 7) is 16.1. The van der Waals surface area contributed by atoms with Gasteiger partial charge in [0.25, 0.3) is 0 Å². The van der Waals surface area contributed by atoms with Crippen molar-refractivity contribution in [3.63, 3.8) is 0 Å². The van der Waals surface area contributed by atoms with Gasteiger partial charge in [-0.3, -0.25) is 4.40 Å². The van der Waals surface area contributed by atoms with E-state index in [0.717, 1.165) is 73.3 Å². The van der Waals surface area contributed by atoms with Crippen molar-refractivity contribution < 1.29 is 9.13 Å². The van der Waals surface area contributed by atoms with E-state index in [1.165, 1.54) is 23.5 Å². The highest BCUT2D eigenvalue weighted by Crippen LogP contribution is 2.38. The van der Waals surface area contributed by atoms with Crippen molar-refractivity contribution in [3.05, 3.63) is 70.4 Å². The smallest absolute Gasteiger partial charge is 0.192 e. The molecule has 43 heavy (non-hydrogen) atoms. The zero-order valence-corrected chi connectivity index (χ0v) is 26.9. The van der Waals surface area contributed by atoms with Crippen molar-refractivity contribution in [2.24, 2.45) is 0 Å². The molecule has 226 valence electrons. The molecule has 0 amide bonds. The molecule has 4 aromatic rings. The van der Waals surface area contributed by atoms with Crippen LogP contribution in [0.2, 0.25) is 0 Å². The minimum atomic E-state index is -0.322. The Bertz CT molecular complexity index is 1670. The van der Waals surface area contributed by atoms with Crippen LogP contribution in [0.25, 0.3) is 16.9 Å². The van der Waals surface area contributed by atoms with Gasteiger partial charge in [0, 0.05) is 45.0 Å². The third kappa shape index (κ3) is 6.32. The maximum Gasteiger partial charge on any atom is 0.192 e. The second-order valence-electron chi connectivity index (χ2n) is 11.8. The Kier molecular flexibility index (Phi) is 8.65. The molecule has 3 aromatic heterocycles. The lowest BCUT2D eigenvalue weighted by Crippen LogP contribution is -2.47. The van der Waals surface area contributed by atoms with Crippen LogP contribution in [-0.4, -0.2) is 58.1 Å². The van der Waals surface area contributed by atoms with Gasteiger partial charge in [0.2, 0.25) is 0 Å². The molecular weight excluding hydrogens is 561 g/mol. The van der Waals surface area contributed by atoms with E-state index in [4.69, 9.17) is 14.7 Å². The molecule has 0 unspecified atom stereocenters. The highest BCUT2D eigenvalue weighted by Gasteiger charge is 2.26. The number of allylic oxidation sites excluding steroid dienone is 1. The molecule has 0 aliphatic carbocycles. The standard InChI is InChI=1S/C33H40FN7OS/c1-8-10-28(42-33(4,5)6)40-17-15-39(16-18-40)25-19-22(3)30-36-26(9-2)31(41(30)21-25)38(7)32-37-29(27(20-35)43-32)23-11-13-24(34)14-12-23/h10-14,19,21H,8-9,15-18H2,1-7H3/b28-10-. The summed E-state index contributed by atoms with van der Waals surface area (Å²) in [5.41, 5.74) is 5.13. The number of rotatable bonds is 8. The van der Waals surface area contributed by atoms with Crippen molar-refractivity contribution >= 4 is 33.6 Å². The fourth-order valence-electron chi connectivity index (χ4n) is 5.42. The lowest BCUT2D eigenvalue weighted by atomic mass is 10.1. The maximum atomic E-state index is 13.6. The van der Waals surface area contributed by atoms with Crippen LogP contribution < -0.4 is 9.80 Å². The molecule has 1 aromatic carbocycles.